The molecule has 1 heterocycles. The van der Waals surface area contributed by atoms with Gasteiger partial charge in [-0.05, 0) is 58.0 Å². The van der Waals surface area contributed by atoms with Crippen molar-refractivity contribution in [2.24, 2.45) is 5.92 Å². The van der Waals surface area contributed by atoms with Gasteiger partial charge in [-0.1, -0.05) is 24.6 Å². The molecule has 1 aliphatic heterocycles. The zero-order valence-electron chi connectivity index (χ0n) is 22.8. The summed E-state index contributed by atoms with van der Waals surface area (Å²) in [5.41, 5.74) is 1.58. The topological polar surface area (TPSA) is 128 Å². The van der Waals surface area contributed by atoms with Crippen LogP contribution in [0.4, 0.5) is 10.5 Å². The summed E-state index contributed by atoms with van der Waals surface area (Å²) in [7, 11) is -2.27. The van der Waals surface area contributed by atoms with Gasteiger partial charge in [0.1, 0.15) is 11.9 Å². The van der Waals surface area contributed by atoms with Crippen LogP contribution in [-0.4, -0.2) is 79.6 Å². The van der Waals surface area contributed by atoms with Gasteiger partial charge in [0, 0.05) is 31.2 Å². The van der Waals surface area contributed by atoms with E-state index in [9.17, 15) is 23.1 Å². The van der Waals surface area contributed by atoms with Crippen LogP contribution in [0, 0.1) is 12.8 Å². The van der Waals surface area contributed by atoms with E-state index in [1.807, 2.05) is 27.7 Å². The molecule has 208 valence electrons. The fourth-order valence-corrected chi connectivity index (χ4v) is 5.37. The maximum Gasteiger partial charge on any atom is 0.319 e. The number of likely N-dealkylation sites (N-methyl/N-ethyl adjacent to an activating group) is 1. The van der Waals surface area contributed by atoms with Gasteiger partial charge >= 0.3 is 6.03 Å². The highest BCUT2D eigenvalue weighted by Gasteiger charge is 2.35. The number of aryl methyl sites for hydroxylation is 1. The molecule has 11 heteroatoms. The number of ether oxygens (including phenoxy) is 1. The number of aliphatic hydroxyl groups is 1. The van der Waals surface area contributed by atoms with E-state index in [1.54, 1.807) is 48.2 Å². The maximum atomic E-state index is 13.6. The van der Waals surface area contributed by atoms with Crippen LogP contribution in [0.3, 0.4) is 0 Å². The number of sulfonamides is 1. The van der Waals surface area contributed by atoms with Gasteiger partial charge in [0.15, 0.2) is 0 Å². The number of carbonyl (C=O) groups excluding carboxylic acids is 2. The van der Waals surface area contributed by atoms with Crippen LogP contribution in [-0.2, 0) is 10.0 Å². The lowest BCUT2D eigenvalue weighted by Crippen LogP contribution is -2.50. The van der Waals surface area contributed by atoms with E-state index in [0.717, 1.165) is 5.56 Å². The number of amides is 3. The number of nitrogens with zero attached hydrogens (tertiary/aromatic N) is 2. The van der Waals surface area contributed by atoms with E-state index in [0.29, 0.717) is 5.69 Å². The molecule has 38 heavy (non-hydrogen) atoms. The highest BCUT2D eigenvalue weighted by atomic mass is 32.2. The highest BCUT2D eigenvalue weighted by Crippen LogP contribution is 2.31. The summed E-state index contributed by atoms with van der Waals surface area (Å²) < 4.78 is 34.0. The van der Waals surface area contributed by atoms with Crippen LogP contribution >= 0.6 is 0 Å². The van der Waals surface area contributed by atoms with Gasteiger partial charge < -0.3 is 25.4 Å². The molecule has 3 atom stereocenters. The number of aliphatic hydroxyl groups excluding tert-OH is 1. The Hall–Kier alpha value is -3.15. The Morgan fingerprint density at radius 3 is 2.45 bits per heavy atom. The number of hydrogen-bond donors (Lipinski definition) is 3. The normalized spacial score (nSPS) is 18.9. The van der Waals surface area contributed by atoms with Crippen LogP contribution in [0.5, 0.6) is 5.75 Å². The molecule has 2 aromatic rings. The van der Waals surface area contributed by atoms with E-state index in [2.05, 4.69) is 10.6 Å². The van der Waals surface area contributed by atoms with Crippen LogP contribution < -0.4 is 15.4 Å². The Morgan fingerprint density at radius 1 is 1.18 bits per heavy atom. The SMILES string of the molecule is Cc1ccc(S(=O)(=O)N(C)C[C@H]2Oc3ccc(NC(=O)NC(C)C)cc3C(=O)N([C@@H](C)CO)C[C@H]2C)cc1. The van der Waals surface area contributed by atoms with Gasteiger partial charge in [-0.3, -0.25) is 4.79 Å². The Balaban J connectivity index is 1.94. The number of nitrogens with one attached hydrogen (secondary N) is 2. The standard InChI is InChI=1S/C27H38N4O6S/c1-17(2)28-27(34)29-21-9-12-24-23(13-21)26(33)31(20(5)16-32)14-19(4)25(37-24)15-30(6)38(35,36)22-10-7-18(3)8-11-22/h7-13,17,19-20,25,32H,14-16H2,1-6H3,(H2,28,29,34)/t19-,20+,25-/m1/s1. The molecule has 10 nitrogen and oxygen atoms in total. The lowest BCUT2D eigenvalue weighted by molar-refractivity contribution is 0.0387. The molecule has 0 aromatic heterocycles. The third kappa shape index (κ3) is 6.83. The fraction of sp³-hybridized carbons (Fsp3) is 0.481. The van der Waals surface area contributed by atoms with Gasteiger partial charge in [-0.2, -0.15) is 4.31 Å². The van der Waals surface area contributed by atoms with Crippen LogP contribution in [0.25, 0.3) is 0 Å². The average molecular weight is 547 g/mol. The molecule has 0 saturated carbocycles. The van der Waals surface area contributed by atoms with Gasteiger partial charge in [0.05, 0.1) is 29.7 Å². The van der Waals surface area contributed by atoms with Crippen molar-refractivity contribution in [2.45, 2.75) is 57.7 Å². The molecule has 0 aliphatic carbocycles. The van der Waals surface area contributed by atoms with Crippen molar-refractivity contribution in [1.82, 2.24) is 14.5 Å². The Kier molecular flexibility index (Phi) is 9.40. The second-order valence-electron chi connectivity index (χ2n) is 10.2. The second-order valence-corrected chi connectivity index (χ2v) is 12.2. The van der Waals surface area contributed by atoms with Crippen LogP contribution in [0.15, 0.2) is 47.4 Å². The summed E-state index contributed by atoms with van der Waals surface area (Å²) in [5.74, 6) is -0.329. The molecule has 2 aromatic carbocycles. The molecule has 0 spiro atoms. The van der Waals surface area contributed by atoms with Gasteiger partial charge in [0.25, 0.3) is 5.91 Å². The maximum absolute atomic E-state index is 13.6. The smallest absolute Gasteiger partial charge is 0.319 e. The van der Waals surface area contributed by atoms with Crippen molar-refractivity contribution in [2.75, 3.05) is 32.1 Å². The molecule has 0 saturated heterocycles. The summed E-state index contributed by atoms with van der Waals surface area (Å²) in [5, 5.41) is 15.3. The summed E-state index contributed by atoms with van der Waals surface area (Å²) >= 11 is 0. The minimum atomic E-state index is -3.77. The van der Waals surface area contributed by atoms with Crippen molar-refractivity contribution in [1.29, 1.82) is 0 Å². The first-order valence-electron chi connectivity index (χ1n) is 12.7. The van der Waals surface area contributed by atoms with Crippen LogP contribution in [0.1, 0.15) is 43.6 Å². The summed E-state index contributed by atoms with van der Waals surface area (Å²) in [4.78, 5) is 27.5. The van der Waals surface area contributed by atoms with E-state index >= 15 is 0 Å². The largest absolute Gasteiger partial charge is 0.488 e. The molecule has 0 radical (unpaired) electrons. The zero-order chi connectivity index (χ0) is 28.2. The molecule has 3 amide bonds. The van der Waals surface area contributed by atoms with Crippen molar-refractivity contribution >= 4 is 27.6 Å². The summed E-state index contributed by atoms with van der Waals surface area (Å²) in [6.07, 6.45) is -0.594. The zero-order valence-corrected chi connectivity index (χ0v) is 23.6. The van der Waals surface area contributed by atoms with E-state index in [1.165, 1.54) is 17.4 Å². The number of hydrogen-bond acceptors (Lipinski definition) is 6. The van der Waals surface area contributed by atoms with Crippen LogP contribution in [0.2, 0.25) is 0 Å². The van der Waals surface area contributed by atoms with Crippen molar-refractivity contribution < 1.29 is 27.9 Å². The van der Waals surface area contributed by atoms with Gasteiger partial charge in [-0.15, -0.1) is 0 Å². The number of urea groups is 1. The molecule has 0 fully saturated rings. The van der Waals surface area contributed by atoms with Gasteiger partial charge in [0.2, 0.25) is 10.0 Å². The lowest BCUT2D eigenvalue weighted by Gasteiger charge is -2.38. The average Bonchev–Trinajstić information content (AvgIpc) is 2.85. The molecule has 3 N–H and O–H groups in total. The van der Waals surface area contributed by atoms with E-state index in [-0.39, 0.29) is 53.8 Å². The number of fused-ring (bicyclic) bond motifs is 1. The second kappa shape index (κ2) is 12.1. The summed E-state index contributed by atoms with van der Waals surface area (Å²) in [6, 6.07) is 10.5. The first-order valence-corrected chi connectivity index (χ1v) is 14.1. The molecule has 0 bridgehead atoms. The fourth-order valence-electron chi connectivity index (χ4n) is 4.19. The minimum Gasteiger partial charge on any atom is -0.488 e. The first kappa shape index (κ1) is 29.4. The quantitative estimate of drug-likeness (QED) is 0.467. The molecule has 0 unspecified atom stereocenters. The van der Waals surface area contributed by atoms with E-state index in [4.69, 9.17) is 4.74 Å². The van der Waals surface area contributed by atoms with E-state index < -0.39 is 28.2 Å². The number of benzene rings is 2. The van der Waals surface area contributed by atoms with Crippen molar-refractivity contribution in [3.05, 3.63) is 53.6 Å². The van der Waals surface area contributed by atoms with Crippen molar-refractivity contribution in [3.63, 3.8) is 0 Å². The number of anilines is 1. The Labute approximate surface area is 225 Å². The predicted molar refractivity (Wildman–Crippen MR) is 146 cm³/mol. The van der Waals surface area contributed by atoms with Crippen molar-refractivity contribution in [3.8, 4) is 5.75 Å². The first-order chi connectivity index (χ1) is 17.8. The summed E-state index contributed by atoms with van der Waals surface area (Å²) in [6.45, 7) is 9.24. The third-order valence-corrected chi connectivity index (χ3v) is 8.35. The minimum absolute atomic E-state index is 0.0448. The molecule has 3 rings (SSSR count). The molecular weight excluding hydrogens is 508 g/mol. The van der Waals surface area contributed by atoms with Gasteiger partial charge in [-0.25, -0.2) is 13.2 Å². The number of carbonyl (C=O) groups is 2. The predicted octanol–water partition coefficient (Wildman–Crippen LogP) is 3.07. The highest BCUT2D eigenvalue weighted by molar-refractivity contribution is 7.89. The Morgan fingerprint density at radius 2 is 1.84 bits per heavy atom. The Bertz CT molecular complexity index is 1250. The molecule has 1 aliphatic rings. The number of rotatable bonds is 8. The lowest BCUT2D eigenvalue weighted by atomic mass is 9.99. The third-order valence-electron chi connectivity index (χ3n) is 6.51. The molecular formula is C27H38N4O6S. The monoisotopic (exact) mass is 546 g/mol.